The van der Waals surface area contributed by atoms with Gasteiger partial charge in [-0.2, -0.15) is 0 Å². The second-order valence-corrected chi connectivity index (χ2v) is 13.7. The van der Waals surface area contributed by atoms with Gasteiger partial charge < -0.3 is 30.0 Å². The number of carbonyl (C=O) groups excluding carboxylic acids is 2. The number of aromatic amines is 2. The Kier molecular flexibility index (Phi) is 10.1. The van der Waals surface area contributed by atoms with Crippen molar-refractivity contribution in [3.63, 3.8) is 0 Å². The van der Waals surface area contributed by atoms with E-state index < -0.39 is 11.8 Å². The van der Waals surface area contributed by atoms with Gasteiger partial charge in [0, 0.05) is 63.0 Å². The average molecular weight is 771 g/mol. The number of benzene rings is 4. The van der Waals surface area contributed by atoms with E-state index in [0.29, 0.717) is 33.4 Å². The summed E-state index contributed by atoms with van der Waals surface area (Å²) in [7, 11) is 0. The smallest absolute Gasteiger partial charge is 0.258 e. The minimum Gasteiger partial charge on any atom is -0.506 e. The number of phenols is 2. The first-order valence-electron chi connectivity index (χ1n) is 17.6. The number of amides is 2. The minimum absolute atomic E-state index is 0.00781. The van der Waals surface area contributed by atoms with Gasteiger partial charge in [-0.05, 0) is 70.8 Å². The molecule has 0 spiro atoms. The molecule has 4 heterocycles. The monoisotopic (exact) mass is 770 g/mol. The number of likely N-dealkylation sites (tertiary alicyclic amines) is 2. The molecule has 2 amide bonds. The predicted octanol–water partition coefficient (Wildman–Crippen LogP) is 6.33. The molecule has 16 heteroatoms. The number of nitrogens with one attached hydrogen (secondary N) is 2. The average Bonchev–Trinajstić information content (AvgIpc) is 3.18. The topological polar surface area (TPSA) is 173 Å². The maximum absolute atomic E-state index is 13.3. The Labute approximate surface area is 315 Å². The zero-order valence-electron chi connectivity index (χ0n) is 29.6. The van der Waals surface area contributed by atoms with Gasteiger partial charge in [0.2, 0.25) is 0 Å². The summed E-state index contributed by atoms with van der Waals surface area (Å²) in [5, 5.41) is 20.8. The molecule has 2 aliphatic rings. The highest BCUT2D eigenvalue weighted by Crippen LogP contribution is 2.33. The first-order valence-corrected chi connectivity index (χ1v) is 17.6. The second-order valence-electron chi connectivity index (χ2n) is 13.7. The van der Waals surface area contributed by atoms with Crippen molar-refractivity contribution in [3.05, 3.63) is 117 Å². The van der Waals surface area contributed by atoms with Crippen LogP contribution in [0.25, 0.3) is 44.1 Å². The lowest BCUT2D eigenvalue weighted by molar-refractivity contribution is -0.0503. The minimum atomic E-state index is -2.72. The summed E-state index contributed by atoms with van der Waals surface area (Å²) in [5.41, 5.74) is 2.87. The van der Waals surface area contributed by atoms with E-state index >= 15 is 0 Å². The predicted molar refractivity (Wildman–Crippen MR) is 199 cm³/mol. The van der Waals surface area contributed by atoms with Crippen LogP contribution in [0.2, 0.25) is 0 Å². The summed E-state index contributed by atoms with van der Waals surface area (Å²) < 4.78 is 53.2. The summed E-state index contributed by atoms with van der Waals surface area (Å²) in [6, 6.07) is 19.4. The summed E-state index contributed by atoms with van der Waals surface area (Å²) in [5.74, 6) is -6.29. The molecule has 0 saturated carbocycles. The second kappa shape index (κ2) is 14.9. The Hall–Kier alpha value is -6.58. The molecule has 0 unspecified atom stereocenters. The van der Waals surface area contributed by atoms with E-state index in [9.17, 15) is 47.0 Å². The Morgan fingerprint density at radius 2 is 1.02 bits per heavy atom. The number of fused-ring (bicyclic) bond motifs is 2. The number of halogens is 4. The van der Waals surface area contributed by atoms with Gasteiger partial charge in [-0.3, -0.25) is 19.2 Å². The Bertz CT molecular complexity index is 2570. The first-order chi connectivity index (χ1) is 26.7. The van der Waals surface area contributed by atoms with Crippen molar-refractivity contribution in [2.24, 2.45) is 0 Å². The molecule has 0 radical (unpaired) electrons. The van der Waals surface area contributed by atoms with Crippen molar-refractivity contribution in [1.29, 1.82) is 0 Å². The molecule has 2 aliphatic heterocycles. The fourth-order valence-electron chi connectivity index (χ4n) is 6.73. The van der Waals surface area contributed by atoms with Crippen LogP contribution in [0, 0.1) is 0 Å². The number of phenolic OH excluding ortho intramolecular Hbond substituents is 2. The molecule has 6 aromatic rings. The van der Waals surface area contributed by atoms with E-state index in [1.165, 1.54) is 34.6 Å². The van der Waals surface area contributed by atoms with Crippen LogP contribution < -0.4 is 11.1 Å². The van der Waals surface area contributed by atoms with Crippen molar-refractivity contribution >= 4 is 33.6 Å². The van der Waals surface area contributed by atoms with Gasteiger partial charge in [0.05, 0.1) is 23.4 Å². The van der Waals surface area contributed by atoms with Crippen LogP contribution in [0.5, 0.6) is 11.5 Å². The number of aromatic hydroxyl groups is 2. The van der Waals surface area contributed by atoms with Crippen LogP contribution in [0.1, 0.15) is 46.4 Å². The zero-order chi connectivity index (χ0) is 39.8. The normalized spacial score (nSPS) is 16.3. The van der Waals surface area contributed by atoms with Gasteiger partial charge in [0.1, 0.15) is 22.5 Å². The van der Waals surface area contributed by atoms with Crippen LogP contribution in [0.15, 0.2) is 95.0 Å². The number of nitrogens with zero attached hydrogens (tertiary/aromatic N) is 4. The standard InChI is InChI=1S/2C20H17F2N3O3/c21-20(22)5-7-25(8-6-20)19(28)13-3-1-12(2-4-13)14-9-15-17(16(26)10-14)23-11-24-18(15)27;21-20(22)4-6-25(7-5-20)19(28)13-3-1-2-12(8-13)14-9-15-17(16(26)10-14)23-11-24-18(15)27/h1-4,9-11,26H,5-8H2,(H,23,24,27);1-3,8-11,26H,4-7H2,(H,23,24,27). The highest BCUT2D eigenvalue weighted by atomic mass is 19.3. The fourth-order valence-corrected chi connectivity index (χ4v) is 6.73. The highest BCUT2D eigenvalue weighted by Gasteiger charge is 2.37. The van der Waals surface area contributed by atoms with E-state index in [4.69, 9.17) is 0 Å². The first kappa shape index (κ1) is 37.7. The molecule has 4 N–H and O–H groups in total. The quantitative estimate of drug-likeness (QED) is 0.151. The number of aromatic nitrogens is 4. The van der Waals surface area contributed by atoms with Crippen molar-refractivity contribution in [1.82, 2.24) is 29.7 Å². The molecule has 0 aliphatic carbocycles. The Balaban J connectivity index is 0.000000172. The summed E-state index contributed by atoms with van der Waals surface area (Å²) in [6.07, 6.45) is 1.11. The van der Waals surface area contributed by atoms with E-state index in [0.717, 1.165) is 0 Å². The Morgan fingerprint density at radius 3 is 1.50 bits per heavy atom. The van der Waals surface area contributed by atoms with Gasteiger partial charge in [-0.25, -0.2) is 27.5 Å². The molecule has 0 atom stereocenters. The van der Waals surface area contributed by atoms with Crippen molar-refractivity contribution < 1.29 is 37.4 Å². The van der Waals surface area contributed by atoms with Gasteiger partial charge in [-0.15, -0.1) is 0 Å². The molecule has 2 aromatic heterocycles. The lowest BCUT2D eigenvalue weighted by atomic mass is 10.00. The van der Waals surface area contributed by atoms with Gasteiger partial charge in [-0.1, -0.05) is 24.3 Å². The summed E-state index contributed by atoms with van der Waals surface area (Å²) in [4.78, 5) is 64.9. The SMILES string of the molecule is O=C(c1ccc(-c2cc(O)c3nc[nH]c(=O)c3c2)cc1)N1CCC(F)(F)CC1.O=C(c1cccc(-c2cc(O)c3nc[nH]c(=O)c3c2)c1)N1CCC(F)(F)CC1. The lowest BCUT2D eigenvalue weighted by Crippen LogP contribution is -2.42. The van der Waals surface area contributed by atoms with Gasteiger partial charge in [0.25, 0.3) is 34.8 Å². The fraction of sp³-hybridized carbons (Fsp3) is 0.250. The maximum Gasteiger partial charge on any atom is 0.258 e. The number of hydrogen-bond acceptors (Lipinski definition) is 8. The zero-order valence-corrected chi connectivity index (χ0v) is 29.6. The van der Waals surface area contributed by atoms with E-state index in [1.54, 1.807) is 60.7 Å². The van der Waals surface area contributed by atoms with Crippen LogP contribution in [0.4, 0.5) is 17.6 Å². The molecule has 4 aromatic carbocycles. The van der Waals surface area contributed by atoms with Gasteiger partial charge in [0.15, 0.2) is 0 Å². The van der Waals surface area contributed by atoms with E-state index in [2.05, 4.69) is 19.9 Å². The van der Waals surface area contributed by atoms with E-state index in [1.807, 2.05) is 0 Å². The van der Waals surface area contributed by atoms with Crippen LogP contribution >= 0.6 is 0 Å². The number of piperidine rings is 2. The number of rotatable bonds is 4. The Morgan fingerprint density at radius 1 is 0.571 bits per heavy atom. The van der Waals surface area contributed by atoms with Crippen LogP contribution in [-0.4, -0.2) is 89.8 Å². The molecule has 8 rings (SSSR count). The molecule has 56 heavy (non-hydrogen) atoms. The molecular weight excluding hydrogens is 736 g/mol. The third-order valence-electron chi connectivity index (χ3n) is 9.92. The molecule has 12 nitrogen and oxygen atoms in total. The third kappa shape index (κ3) is 7.94. The van der Waals surface area contributed by atoms with Crippen LogP contribution in [-0.2, 0) is 0 Å². The summed E-state index contributed by atoms with van der Waals surface area (Å²) >= 11 is 0. The lowest BCUT2D eigenvalue weighted by Gasteiger charge is -2.31. The summed E-state index contributed by atoms with van der Waals surface area (Å²) in [6.45, 7) is 0.0750. The molecule has 2 saturated heterocycles. The molecule has 288 valence electrons. The molecular formula is C40H34F4N6O6. The van der Waals surface area contributed by atoms with Crippen LogP contribution in [0.3, 0.4) is 0 Å². The van der Waals surface area contributed by atoms with Crippen molar-refractivity contribution in [3.8, 4) is 33.8 Å². The largest absolute Gasteiger partial charge is 0.506 e. The van der Waals surface area contributed by atoms with Gasteiger partial charge >= 0.3 is 0 Å². The number of carbonyl (C=O) groups is 2. The third-order valence-corrected chi connectivity index (χ3v) is 9.92. The highest BCUT2D eigenvalue weighted by molar-refractivity contribution is 5.97. The van der Waals surface area contributed by atoms with Crippen molar-refractivity contribution in [2.45, 2.75) is 37.5 Å². The number of alkyl halides is 4. The van der Waals surface area contributed by atoms with E-state index in [-0.39, 0.29) is 108 Å². The number of H-pyrrole nitrogens is 2. The molecule has 2 fully saturated rings. The molecule has 0 bridgehead atoms. The maximum atomic E-state index is 13.3. The number of hydrogen-bond donors (Lipinski definition) is 4. The van der Waals surface area contributed by atoms with Crippen molar-refractivity contribution in [2.75, 3.05) is 26.2 Å².